The average molecular weight is 878 g/mol. The van der Waals surface area contributed by atoms with E-state index in [2.05, 4.69) is 254 Å². The van der Waals surface area contributed by atoms with Crippen molar-refractivity contribution in [3.63, 3.8) is 0 Å². The number of rotatable bonds is 7. The highest BCUT2D eigenvalue weighted by Gasteiger charge is 2.52. The molecule has 11 aromatic carbocycles. The summed E-state index contributed by atoms with van der Waals surface area (Å²) in [5.41, 5.74) is 24.3. The van der Waals surface area contributed by atoms with Crippen LogP contribution >= 0.6 is 0 Å². The van der Waals surface area contributed by atoms with Gasteiger partial charge >= 0.3 is 0 Å². The lowest BCUT2D eigenvalue weighted by Crippen LogP contribution is -2.26. The third-order valence-electron chi connectivity index (χ3n) is 14.7. The zero-order chi connectivity index (χ0) is 45.5. The minimum Gasteiger partial charge on any atom is -0.456 e. The summed E-state index contributed by atoms with van der Waals surface area (Å²) in [4.78, 5) is 2.52. The summed E-state index contributed by atoms with van der Waals surface area (Å²) in [5.74, 6) is 0. The fourth-order valence-electron chi connectivity index (χ4n) is 11.9. The molecule has 1 spiro atoms. The van der Waals surface area contributed by atoms with Gasteiger partial charge in [0.05, 0.1) is 16.8 Å². The third-order valence-corrected chi connectivity index (χ3v) is 14.7. The molecule has 0 saturated carbocycles. The van der Waals surface area contributed by atoms with Crippen LogP contribution in [0.1, 0.15) is 22.3 Å². The first-order chi connectivity index (χ1) is 34.3. The van der Waals surface area contributed by atoms with Crippen LogP contribution in [0.2, 0.25) is 0 Å². The van der Waals surface area contributed by atoms with Gasteiger partial charge in [-0.3, -0.25) is 0 Å². The topological polar surface area (TPSA) is 16.4 Å². The second kappa shape index (κ2) is 15.6. The Morgan fingerprint density at radius 3 is 1.46 bits per heavy atom. The third kappa shape index (κ3) is 5.86. The van der Waals surface area contributed by atoms with Gasteiger partial charge in [-0.25, -0.2) is 0 Å². The average Bonchev–Trinajstić information content (AvgIpc) is 4.06. The van der Waals surface area contributed by atoms with Crippen molar-refractivity contribution in [1.29, 1.82) is 0 Å². The molecule has 14 rings (SSSR count). The normalized spacial score (nSPS) is 12.8. The van der Waals surface area contributed by atoms with Gasteiger partial charge in [-0.05, 0) is 120 Å². The van der Waals surface area contributed by atoms with Gasteiger partial charge in [-0.1, -0.05) is 218 Å². The second-order valence-corrected chi connectivity index (χ2v) is 18.3. The highest BCUT2D eigenvalue weighted by atomic mass is 16.3. The van der Waals surface area contributed by atoms with Crippen LogP contribution in [0.5, 0.6) is 0 Å². The molecule has 1 heterocycles. The fourth-order valence-corrected chi connectivity index (χ4v) is 11.9. The van der Waals surface area contributed by atoms with Crippen molar-refractivity contribution in [2.45, 2.75) is 5.41 Å². The second-order valence-electron chi connectivity index (χ2n) is 18.3. The number of anilines is 3. The van der Waals surface area contributed by atoms with Crippen LogP contribution in [-0.4, -0.2) is 0 Å². The predicted molar refractivity (Wildman–Crippen MR) is 286 cm³/mol. The molecule has 1 aromatic heterocycles. The Morgan fingerprint density at radius 2 is 0.754 bits per heavy atom. The number of nitrogens with zero attached hydrogens (tertiary/aromatic N) is 1. The van der Waals surface area contributed by atoms with E-state index in [4.69, 9.17) is 4.42 Å². The highest BCUT2D eigenvalue weighted by molar-refractivity contribution is 6.07. The Hall–Kier alpha value is -8.98. The number of fused-ring (bicyclic) bond motifs is 13. The monoisotopic (exact) mass is 877 g/mol. The molecular weight excluding hydrogens is 835 g/mol. The molecule has 0 atom stereocenters. The summed E-state index contributed by atoms with van der Waals surface area (Å²) < 4.78 is 6.37. The first-order valence-corrected chi connectivity index (χ1v) is 23.8. The van der Waals surface area contributed by atoms with E-state index in [-0.39, 0.29) is 0 Å². The van der Waals surface area contributed by atoms with Crippen molar-refractivity contribution in [1.82, 2.24) is 0 Å². The number of benzene rings is 11. The van der Waals surface area contributed by atoms with Crippen LogP contribution in [0.3, 0.4) is 0 Å². The predicted octanol–water partition coefficient (Wildman–Crippen LogP) is 18.1. The van der Waals surface area contributed by atoms with E-state index < -0.39 is 5.41 Å². The van der Waals surface area contributed by atoms with Crippen LogP contribution in [-0.2, 0) is 5.41 Å². The van der Waals surface area contributed by atoms with Gasteiger partial charge in [0.2, 0.25) is 0 Å². The maximum atomic E-state index is 6.37. The number of hydrogen-bond donors (Lipinski definition) is 0. The Balaban J connectivity index is 1.00. The van der Waals surface area contributed by atoms with E-state index in [1.165, 1.54) is 72.3 Å². The van der Waals surface area contributed by atoms with E-state index in [9.17, 15) is 0 Å². The Morgan fingerprint density at radius 1 is 0.275 bits per heavy atom. The molecule has 2 heteroatoms. The van der Waals surface area contributed by atoms with Gasteiger partial charge in [-0.2, -0.15) is 0 Å². The molecule has 12 aromatic rings. The number of hydrogen-bond acceptors (Lipinski definition) is 2. The largest absolute Gasteiger partial charge is 0.456 e. The van der Waals surface area contributed by atoms with Crippen LogP contribution in [0.25, 0.3) is 88.7 Å². The van der Waals surface area contributed by atoms with Crippen LogP contribution in [0, 0.1) is 0 Å². The van der Waals surface area contributed by atoms with Crippen molar-refractivity contribution >= 4 is 39.0 Å². The lowest BCUT2D eigenvalue weighted by atomic mass is 9.70. The summed E-state index contributed by atoms with van der Waals surface area (Å²) in [7, 11) is 0. The summed E-state index contributed by atoms with van der Waals surface area (Å²) in [6.45, 7) is 0. The molecule has 0 amide bonds. The zero-order valence-electron chi connectivity index (χ0n) is 37.7. The van der Waals surface area contributed by atoms with Gasteiger partial charge in [-0.15, -0.1) is 0 Å². The molecule has 2 nitrogen and oxygen atoms in total. The first-order valence-electron chi connectivity index (χ1n) is 23.8. The van der Waals surface area contributed by atoms with Gasteiger partial charge in [0.15, 0.2) is 0 Å². The quantitative estimate of drug-likeness (QED) is 0.159. The summed E-state index contributed by atoms with van der Waals surface area (Å²) in [6.07, 6.45) is 0. The van der Waals surface area contributed by atoms with E-state index in [1.54, 1.807) is 0 Å². The molecule has 0 unspecified atom stereocenters. The van der Waals surface area contributed by atoms with Gasteiger partial charge in [0, 0.05) is 27.6 Å². The van der Waals surface area contributed by atoms with Crippen molar-refractivity contribution in [3.05, 3.63) is 283 Å². The Kier molecular flexibility index (Phi) is 8.84. The minimum absolute atomic E-state index is 0.479. The number of para-hydroxylation sites is 2. The minimum atomic E-state index is -0.479. The summed E-state index contributed by atoms with van der Waals surface area (Å²) >= 11 is 0. The SMILES string of the molecule is c1ccc(-c2ccccc2-c2ccccc2-c2ccccc2N(c2ccc(-c3ccc4c(c3)oc3ccccc34)cc2)c2cccc3c2-c2ccccc2C32c3ccccc3-c3ccccc32)cc1. The Bertz CT molecular complexity index is 3930. The van der Waals surface area contributed by atoms with Gasteiger partial charge < -0.3 is 9.32 Å². The van der Waals surface area contributed by atoms with Gasteiger partial charge in [0.1, 0.15) is 11.2 Å². The van der Waals surface area contributed by atoms with Crippen molar-refractivity contribution in [3.8, 4) is 66.8 Å². The maximum Gasteiger partial charge on any atom is 0.136 e. The van der Waals surface area contributed by atoms with E-state index in [1.807, 2.05) is 12.1 Å². The van der Waals surface area contributed by atoms with Crippen molar-refractivity contribution in [2.75, 3.05) is 4.90 Å². The summed E-state index contributed by atoms with van der Waals surface area (Å²) in [6, 6.07) is 95.6. The fraction of sp³-hybridized carbons (Fsp3) is 0.0149. The molecule has 0 bridgehead atoms. The molecule has 0 aliphatic heterocycles. The van der Waals surface area contributed by atoms with Crippen LogP contribution in [0.4, 0.5) is 17.1 Å². The molecule has 69 heavy (non-hydrogen) atoms. The first kappa shape index (κ1) is 39.2. The van der Waals surface area contributed by atoms with Crippen molar-refractivity contribution in [2.24, 2.45) is 0 Å². The lowest BCUT2D eigenvalue weighted by Gasteiger charge is -2.32. The maximum absolute atomic E-state index is 6.37. The van der Waals surface area contributed by atoms with Crippen LogP contribution in [0.15, 0.2) is 265 Å². The molecule has 0 N–H and O–H groups in total. The molecule has 0 saturated heterocycles. The van der Waals surface area contributed by atoms with Gasteiger partial charge in [0.25, 0.3) is 0 Å². The van der Waals surface area contributed by atoms with Crippen molar-refractivity contribution < 1.29 is 4.42 Å². The van der Waals surface area contributed by atoms with E-state index in [0.29, 0.717) is 0 Å². The molecule has 0 fully saturated rings. The van der Waals surface area contributed by atoms with E-state index in [0.717, 1.165) is 55.7 Å². The standard InChI is InChI=1S/C67H43NO/c1-2-19-45(20-3-1)48-21-4-5-22-49(48)50-23-6-7-24-51(50)54-27-11-16-34-62(54)68(47-40-37-44(38-41-47)46-39-42-56-55-28-12-17-36-64(55)69-65(56)43-46)63-35-18-33-61-66(63)57-29-10-15-32-60(57)67(61)58-30-13-8-25-52(58)53-26-9-14-31-59(53)67/h1-43H. The zero-order valence-corrected chi connectivity index (χ0v) is 37.7. The Labute approximate surface area is 401 Å². The molecular formula is C67H43NO. The summed E-state index contributed by atoms with van der Waals surface area (Å²) in [5, 5.41) is 2.26. The van der Waals surface area contributed by atoms with E-state index >= 15 is 0 Å². The molecule has 2 aliphatic rings. The molecule has 0 radical (unpaired) electrons. The highest BCUT2D eigenvalue weighted by Crippen LogP contribution is 2.65. The molecule has 322 valence electrons. The number of furan rings is 1. The van der Waals surface area contributed by atoms with Crippen LogP contribution < -0.4 is 4.90 Å². The molecule has 2 aliphatic carbocycles. The smallest absolute Gasteiger partial charge is 0.136 e. The lowest BCUT2D eigenvalue weighted by molar-refractivity contribution is 0.669.